The third-order valence-corrected chi connectivity index (χ3v) is 6.03. The quantitative estimate of drug-likeness (QED) is 0.522. The maximum atomic E-state index is 12.5. The van der Waals surface area contributed by atoms with Crippen LogP contribution in [0.25, 0.3) is 0 Å². The number of methoxy groups -OCH3 is 1. The zero-order valence-corrected chi connectivity index (χ0v) is 17.9. The molecule has 1 aromatic carbocycles. The summed E-state index contributed by atoms with van der Waals surface area (Å²) < 4.78 is 10.1. The number of amides is 2. The third kappa shape index (κ3) is 5.93. The van der Waals surface area contributed by atoms with Crippen molar-refractivity contribution in [2.24, 2.45) is 0 Å². The molecule has 0 spiro atoms. The first-order valence-corrected chi connectivity index (χ1v) is 10.6. The molecule has 0 bridgehead atoms. The highest BCUT2D eigenvalue weighted by atomic mass is 35.5. The van der Waals surface area contributed by atoms with Crippen molar-refractivity contribution in [3.8, 4) is 0 Å². The van der Waals surface area contributed by atoms with Gasteiger partial charge in [0.25, 0.3) is 0 Å². The number of nitrogens with one attached hydrogen (secondary N) is 2. The molecule has 1 saturated carbocycles. The topological polar surface area (TPSA) is 97.0 Å². The number of hydrogen-bond donors (Lipinski definition) is 2. The number of nitrogens with zero attached hydrogens (tertiary/aromatic N) is 1. The van der Waals surface area contributed by atoms with Crippen molar-refractivity contribution in [3.63, 3.8) is 0 Å². The van der Waals surface area contributed by atoms with Gasteiger partial charge in [0.05, 0.1) is 32.3 Å². The molecule has 2 fully saturated rings. The van der Waals surface area contributed by atoms with Gasteiger partial charge in [0.15, 0.2) is 0 Å². The summed E-state index contributed by atoms with van der Waals surface area (Å²) >= 11 is 6.31. The molecule has 164 valence electrons. The number of ether oxygens (including phenoxy) is 2. The van der Waals surface area contributed by atoms with Gasteiger partial charge in [0.2, 0.25) is 0 Å². The van der Waals surface area contributed by atoms with E-state index in [1.807, 2.05) is 0 Å². The van der Waals surface area contributed by atoms with Gasteiger partial charge in [-0.15, -0.1) is 0 Å². The van der Waals surface area contributed by atoms with Crippen LogP contribution in [0.15, 0.2) is 18.2 Å². The summed E-state index contributed by atoms with van der Waals surface area (Å²) in [6, 6.07) is 5.15. The van der Waals surface area contributed by atoms with Crippen molar-refractivity contribution in [2.75, 3.05) is 38.7 Å². The minimum absolute atomic E-state index is 0.0627. The van der Waals surface area contributed by atoms with Crippen LogP contribution in [0.4, 0.5) is 5.69 Å². The highest BCUT2D eigenvalue weighted by Gasteiger charge is 2.39. The fraction of sp³-hybridized carbons (Fsp3) is 0.571. The highest BCUT2D eigenvalue weighted by molar-refractivity contribution is 6.40. The van der Waals surface area contributed by atoms with E-state index >= 15 is 0 Å². The second-order valence-corrected chi connectivity index (χ2v) is 8.25. The predicted molar refractivity (Wildman–Crippen MR) is 112 cm³/mol. The molecule has 0 atom stereocenters. The van der Waals surface area contributed by atoms with Crippen LogP contribution in [-0.4, -0.2) is 61.6 Å². The van der Waals surface area contributed by atoms with Gasteiger partial charge in [-0.25, -0.2) is 0 Å². The van der Waals surface area contributed by atoms with Crippen LogP contribution in [0.3, 0.4) is 0 Å². The Morgan fingerprint density at radius 2 is 1.87 bits per heavy atom. The van der Waals surface area contributed by atoms with Crippen molar-refractivity contribution in [1.29, 1.82) is 0 Å². The van der Waals surface area contributed by atoms with Crippen LogP contribution >= 0.6 is 11.6 Å². The van der Waals surface area contributed by atoms with E-state index in [4.69, 9.17) is 21.1 Å². The van der Waals surface area contributed by atoms with Gasteiger partial charge in [-0.3, -0.25) is 19.3 Å². The number of benzene rings is 1. The lowest BCUT2D eigenvalue weighted by atomic mass is 9.93. The van der Waals surface area contributed by atoms with Crippen molar-refractivity contribution < 1.29 is 23.9 Å². The van der Waals surface area contributed by atoms with Crippen LogP contribution in [0.1, 0.15) is 37.7 Å². The molecule has 9 heteroatoms. The van der Waals surface area contributed by atoms with Crippen molar-refractivity contribution in [1.82, 2.24) is 10.2 Å². The average molecular weight is 438 g/mol. The summed E-state index contributed by atoms with van der Waals surface area (Å²) in [7, 11) is 1.31. The number of esters is 1. The summed E-state index contributed by atoms with van der Waals surface area (Å²) in [4.78, 5) is 39.0. The number of hydrogen-bond acceptors (Lipinski definition) is 6. The Morgan fingerprint density at radius 1 is 1.17 bits per heavy atom. The van der Waals surface area contributed by atoms with Crippen molar-refractivity contribution in [3.05, 3.63) is 28.8 Å². The lowest BCUT2D eigenvalue weighted by Gasteiger charge is -2.29. The molecule has 2 N–H and O–H groups in total. The van der Waals surface area contributed by atoms with E-state index in [1.54, 1.807) is 18.2 Å². The van der Waals surface area contributed by atoms with Gasteiger partial charge in [-0.05, 0) is 36.6 Å². The minimum atomic E-state index is -0.772. The molecule has 2 amide bonds. The SMILES string of the molecule is COC(=O)CC1(NC(=O)C(=O)Nc2ccc(Cl)c(CN3CCOCC3)c2)CCCC1. The van der Waals surface area contributed by atoms with E-state index in [0.717, 1.165) is 31.5 Å². The Hall–Kier alpha value is -2.16. The normalized spacial score (nSPS) is 18.6. The first-order chi connectivity index (χ1) is 14.4. The second-order valence-electron chi connectivity index (χ2n) is 7.84. The van der Waals surface area contributed by atoms with E-state index in [1.165, 1.54) is 7.11 Å². The smallest absolute Gasteiger partial charge is 0.313 e. The molecule has 2 aliphatic rings. The van der Waals surface area contributed by atoms with Gasteiger partial charge < -0.3 is 20.1 Å². The summed E-state index contributed by atoms with van der Waals surface area (Å²) in [5.41, 5.74) is 0.647. The molecule has 1 aromatic rings. The van der Waals surface area contributed by atoms with Crippen LogP contribution in [0, 0.1) is 0 Å². The molecule has 0 radical (unpaired) electrons. The van der Waals surface area contributed by atoms with E-state index in [9.17, 15) is 14.4 Å². The monoisotopic (exact) mass is 437 g/mol. The predicted octanol–water partition coefficient (Wildman–Crippen LogP) is 2.10. The lowest BCUT2D eigenvalue weighted by molar-refractivity contribution is -0.143. The third-order valence-electron chi connectivity index (χ3n) is 5.66. The van der Waals surface area contributed by atoms with Crippen LogP contribution in [0.2, 0.25) is 5.02 Å². The van der Waals surface area contributed by atoms with Crippen molar-refractivity contribution in [2.45, 2.75) is 44.2 Å². The van der Waals surface area contributed by atoms with Gasteiger partial charge in [-0.1, -0.05) is 24.4 Å². The van der Waals surface area contributed by atoms with Crippen LogP contribution in [-0.2, 0) is 30.4 Å². The molecule has 1 aliphatic heterocycles. The Balaban J connectivity index is 1.62. The zero-order chi connectivity index (χ0) is 21.6. The summed E-state index contributed by atoms with van der Waals surface area (Å²) in [6.07, 6.45) is 3.13. The summed E-state index contributed by atoms with van der Waals surface area (Å²) in [5, 5.41) is 6.01. The highest BCUT2D eigenvalue weighted by Crippen LogP contribution is 2.33. The molecule has 0 aromatic heterocycles. The maximum absolute atomic E-state index is 12.5. The van der Waals surface area contributed by atoms with E-state index in [0.29, 0.717) is 43.3 Å². The first-order valence-electron chi connectivity index (χ1n) is 10.2. The fourth-order valence-electron chi connectivity index (χ4n) is 4.01. The number of carbonyl (C=O) groups is 3. The Labute approximate surface area is 181 Å². The zero-order valence-electron chi connectivity index (χ0n) is 17.2. The molecular formula is C21H28ClN3O5. The maximum Gasteiger partial charge on any atom is 0.313 e. The molecular weight excluding hydrogens is 410 g/mol. The molecule has 30 heavy (non-hydrogen) atoms. The van der Waals surface area contributed by atoms with Gasteiger partial charge >= 0.3 is 17.8 Å². The van der Waals surface area contributed by atoms with Gasteiger partial charge in [0, 0.05) is 30.3 Å². The van der Waals surface area contributed by atoms with Crippen molar-refractivity contribution >= 4 is 35.1 Å². The Morgan fingerprint density at radius 3 is 2.53 bits per heavy atom. The average Bonchev–Trinajstić information content (AvgIpc) is 3.18. The molecule has 8 nitrogen and oxygen atoms in total. The van der Waals surface area contributed by atoms with E-state index in [-0.39, 0.29) is 6.42 Å². The number of rotatable bonds is 6. The summed E-state index contributed by atoms with van der Waals surface area (Å²) in [6.45, 7) is 3.64. The van der Waals surface area contributed by atoms with Gasteiger partial charge in [-0.2, -0.15) is 0 Å². The first kappa shape index (κ1) is 22.5. The Kier molecular flexibility index (Phi) is 7.69. The summed E-state index contributed by atoms with van der Waals surface area (Å²) in [5.74, 6) is -1.93. The minimum Gasteiger partial charge on any atom is -0.469 e. The molecule has 1 heterocycles. The fourth-order valence-corrected chi connectivity index (χ4v) is 4.18. The van der Waals surface area contributed by atoms with Crippen LogP contribution in [0.5, 0.6) is 0 Å². The van der Waals surface area contributed by atoms with E-state index < -0.39 is 23.3 Å². The number of halogens is 1. The Bertz CT molecular complexity index is 789. The second kappa shape index (κ2) is 10.2. The molecule has 0 unspecified atom stereocenters. The lowest BCUT2D eigenvalue weighted by Crippen LogP contribution is -2.51. The van der Waals surface area contributed by atoms with Gasteiger partial charge in [0.1, 0.15) is 0 Å². The number of anilines is 1. The van der Waals surface area contributed by atoms with E-state index in [2.05, 4.69) is 15.5 Å². The largest absolute Gasteiger partial charge is 0.469 e. The number of morpholine rings is 1. The molecule has 1 aliphatic carbocycles. The molecule has 1 saturated heterocycles. The standard InChI is InChI=1S/C21H28ClN3O5/c1-29-18(26)13-21(6-2-3-7-21)24-20(28)19(27)23-16-4-5-17(22)15(12-16)14-25-8-10-30-11-9-25/h4-5,12H,2-3,6-11,13-14H2,1H3,(H,23,27)(H,24,28). The molecule has 3 rings (SSSR count). The number of carbonyl (C=O) groups excluding carboxylic acids is 3. The van der Waals surface area contributed by atoms with Crippen LogP contribution < -0.4 is 10.6 Å².